The van der Waals surface area contributed by atoms with Gasteiger partial charge < -0.3 is 22.1 Å². The molecule has 1 heterocycles. The van der Waals surface area contributed by atoms with Crippen molar-refractivity contribution in [3.63, 3.8) is 0 Å². The SMILES string of the molecule is C=C/C(N)=C\C=C(/C=C)C(=O)OO.CC.[Y].[c-]1c[nH]nn1. The number of carbonyl (C=O) groups excluding carboxylic acids is 1. The molecule has 1 rings (SSSR count). The molecule has 21 heavy (non-hydrogen) atoms. The number of carbonyl (C=O) groups is 1. The second kappa shape index (κ2) is 18.4. The van der Waals surface area contributed by atoms with Crippen molar-refractivity contribution in [2.75, 3.05) is 0 Å². The molecule has 4 N–H and O–H groups in total. The van der Waals surface area contributed by atoms with E-state index in [0.717, 1.165) is 0 Å². The Morgan fingerprint density at radius 3 is 2.29 bits per heavy atom. The fraction of sp³-hybridized carbons (Fsp3) is 0.154. The van der Waals surface area contributed by atoms with Crippen LogP contribution >= 0.6 is 0 Å². The molecule has 0 aliphatic heterocycles. The minimum Gasteiger partial charge on any atom is -0.399 e. The first-order valence-corrected chi connectivity index (χ1v) is 5.66. The molecule has 0 spiro atoms. The predicted octanol–water partition coefficient (Wildman–Crippen LogP) is 1.77. The number of rotatable bonds is 4. The molecule has 0 aliphatic rings. The third kappa shape index (κ3) is 14.7. The van der Waals surface area contributed by atoms with Crippen molar-refractivity contribution in [2.24, 2.45) is 5.73 Å². The Kier molecular flexibility index (Phi) is 21.5. The maximum atomic E-state index is 10.7. The van der Waals surface area contributed by atoms with Crippen LogP contribution in [0.2, 0.25) is 0 Å². The van der Waals surface area contributed by atoms with Gasteiger partial charge in [-0.05, 0) is 18.2 Å². The summed E-state index contributed by atoms with van der Waals surface area (Å²) in [5.41, 5.74) is 5.86. The largest absolute Gasteiger partial charge is 0.399 e. The zero-order valence-corrected chi connectivity index (χ0v) is 15.0. The van der Waals surface area contributed by atoms with Crippen molar-refractivity contribution < 1.29 is 47.6 Å². The molecule has 0 saturated carbocycles. The van der Waals surface area contributed by atoms with E-state index in [1.807, 2.05) is 13.8 Å². The molecule has 0 saturated heterocycles. The molecule has 113 valence electrons. The van der Waals surface area contributed by atoms with Crippen LogP contribution in [0, 0.1) is 6.20 Å². The Labute approximate surface area is 149 Å². The van der Waals surface area contributed by atoms with Crippen molar-refractivity contribution in [3.05, 3.63) is 61.1 Å². The van der Waals surface area contributed by atoms with Crippen LogP contribution in [0.3, 0.4) is 0 Å². The van der Waals surface area contributed by atoms with Crippen molar-refractivity contribution in [1.82, 2.24) is 15.4 Å². The van der Waals surface area contributed by atoms with E-state index in [0.29, 0.717) is 5.70 Å². The first-order valence-electron chi connectivity index (χ1n) is 5.66. The van der Waals surface area contributed by atoms with Gasteiger partial charge >= 0.3 is 5.97 Å². The zero-order chi connectivity index (χ0) is 15.8. The average molecular weight is 368 g/mol. The number of aromatic nitrogens is 3. The van der Waals surface area contributed by atoms with Gasteiger partial charge in [0.15, 0.2) is 0 Å². The second-order valence-electron chi connectivity index (χ2n) is 2.68. The number of nitrogens with one attached hydrogen (secondary N) is 1. The Morgan fingerprint density at radius 2 is 2.00 bits per heavy atom. The third-order valence-corrected chi connectivity index (χ3v) is 1.52. The van der Waals surface area contributed by atoms with Crippen molar-refractivity contribution in [1.29, 1.82) is 0 Å². The summed E-state index contributed by atoms with van der Waals surface area (Å²) in [5, 5.41) is 17.1. The normalized spacial score (nSPS) is 9.67. The third-order valence-electron chi connectivity index (χ3n) is 1.52. The minimum absolute atomic E-state index is 0. The Balaban J connectivity index is -0.000000336. The van der Waals surface area contributed by atoms with Gasteiger partial charge in [-0.1, -0.05) is 33.1 Å². The maximum absolute atomic E-state index is 10.7. The van der Waals surface area contributed by atoms with E-state index < -0.39 is 5.97 Å². The number of allylic oxidation sites excluding steroid dienone is 3. The Hall–Kier alpha value is -1.57. The van der Waals surface area contributed by atoms with Gasteiger partial charge in [0.2, 0.25) is 0 Å². The summed E-state index contributed by atoms with van der Waals surface area (Å²) in [4.78, 5) is 14.2. The van der Waals surface area contributed by atoms with E-state index in [1.54, 1.807) is 0 Å². The smallest absolute Gasteiger partial charge is 0.372 e. The van der Waals surface area contributed by atoms with Crippen molar-refractivity contribution in [2.45, 2.75) is 13.8 Å². The standard InChI is InChI=1S/C9H11NO3.C2H2N3.C2H6.Y/c1-3-7(9(11)13-12)5-6-8(10)4-2;1-2-4-5-3-1;1-2;/h3-6,12H,1-2,10H2;1H,(H,3,4,5);1-2H3;/q;-1;;/b7-5+,8-6+;;;. The topological polar surface area (TPSA) is 114 Å². The molecule has 0 aromatic carbocycles. The molecule has 7 nitrogen and oxygen atoms in total. The molecular formula is C13H19N4O3Y-. The molecular weight excluding hydrogens is 349 g/mol. The van der Waals surface area contributed by atoms with E-state index in [1.165, 1.54) is 30.5 Å². The van der Waals surface area contributed by atoms with Crippen LogP contribution in [0.4, 0.5) is 0 Å². The van der Waals surface area contributed by atoms with Crippen LogP contribution in [-0.4, -0.2) is 26.6 Å². The summed E-state index contributed by atoms with van der Waals surface area (Å²) in [6, 6.07) is 0. The molecule has 0 fully saturated rings. The summed E-state index contributed by atoms with van der Waals surface area (Å²) in [6.45, 7) is 10.8. The van der Waals surface area contributed by atoms with Gasteiger partial charge in [-0.2, -0.15) is 5.26 Å². The first kappa shape index (κ1) is 24.5. The van der Waals surface area contributed by atoms with Crippen LogP contribution in [-0.2, 0) is 42.4 Å². The first-order chi connectivity index (χ1) is 9.65. The molecule has 8 heteroatoms. The molecule has 1 radical (unpaired) electrons. The van der Waals surface area contributed by atoms with Gasteiger partial charge in [0.05, 0.1) is 5.57 Å². The number of hydrogen-bond donors (Lipinski definition) is 3. The van der Waals surface area contributed by atoms with Gasteiger partial charge in [-0.3, -0.25) is 4.89 Å². The number of nitrogens with zero attached hydrogens (tertiary/aromatic N) is 2. The average Bonchev–Trinajstić information content (AvgIpc) is 3.08. The van der Waals surface area contributed by atoms with E-state index in [2.05, 4.69) is 39.7 Å². The van der Waals surface area contributed by atoms with Gasteiger partial charge in [0, 0.05) is 38.4 Å². The summed E-state index contributed by atoms with van der Waals surface area (Å²) >= 11 is 0. The van der Waals surface area contributed by atoms with Crippen LogP contribution in [0.15, 0.2) is 54.9 Å². The van der Waals surface area contributed by atoms with Gasteiger partial charge in [0.25, 0.3) is 0 Å². The summed E-state index contributed by atoms with van der Waals surface area (Å²) in [5.74, 6) is -0.886. The summed E-state index contributed by atoms with van der Waals surface area (Å²) in [6.07, 6.45) is 9.44. The number of aromatic amines is 1. The maximum Gasteiger partial charge on any atom is 0.372 e. The van der Waals surface area contributed by atoms with Crippen LogP contribution in [0.5, 0.6) is 0 Å². The van der Waals surface area contributed by atoms with Crippen LogP contribution in [0.25, 0.3) is 0 Å². The fourth-order valence-electron chi connectivity index (χ4n) is 0.671. The molecule has 1 aromatic heterocycles. The van der Waals surface area contributed by atoms with Crippen molar-refractivity contribution >= 4 is 5.97 Å². The quantitative estimate of drug-likeness (QED) is 0.245. The Bertz CT molecular complexity index is 425. The fourth-order valence-corrected chi connectivity index (χ4v) is 0.671. The number of hydrogen-bond acceptors (Lipinski definition) is 6. The Morgan fingerprint density at radius 1 is 1.38 bits per heavy atom. The van der Waals surface area contributed by atoms with E-state index in [9.17, 15) is 4.79 Å². The van der Waals surface area contributed by atoms with Gasteiger partial charge in [0.1, 0.15) is 0 Å². The molecule has 0 atom stereocenters. The van der Waals surface area contributed by atoms with Gasteiger partial charge in [-0.25, -0.2) is 4.79 Å². The summed E-state index contributed by atoms with van der Waals surface area (Å²) in [7, 11) is 0. The monoisotopic (exact) mass is 368 g/mol. The number of nitrogens with two attached hydrogens (primary N) is 1. The summed E-state index contributed by atoms with van der Waals surface area (Å²) < 4.78 is 0. The van der Waals surface area contributed by atoms with Gasteiger partial charge in [-0.15, -0.1) is 11.4 Å². The van der Waals surface area contributed by atoms with E-state index in [4.69, 9.17) is 11.0 Å². The van der Waals surface area contributed by atoms with Crippen LogP contribution in [0.1, 0.15) is 13.8 Å². The van der Waals surface area contributed by atoms with E-state index >= 15 is 0 Å². The second-order valence-corrected chi connectivity index (χ2v) is 2.68. The minimum atomic E-state index is -0.886. The van der Waals surface area contributed by atoms with Crippen molar-refractivity contribution in [3.8, 4) is 0 Å². The predicted molar refractivity (Wildman–Crippen MR) is 76.0 cm³/mol. The zero-order valence-electron chi connectivity index (χ0n) is 12.1. The molecule has 0 amide bonds. The van der Waals surface area contributed by atoms with E-state index in [-0.39, 0.29) is 38.3 Å². The molecule has 0 bridgehead atoms. The van der Waals surface area contributed by atoms with Crippen LogP contribution < -0.4 is 5.73 Å². The molecule has 0 aliphatic carbocycles. The molecule has 1 aromatic rings. The number of H-pyrrole nitrogens is 1. The molecule has 0 unspecified atom stereocenters.